The van der Waals surface area contributed by atoms with Crippen LogP contribution in [0, 0.1) is 22.0 Å². The van der Waals surface area contributed by atoms with Gasteiger partial charge in [0.1, 0.15) is 5.69 Å². The van der Waals surface area contributed by atoms with Crippen LogP contribution in [0.4, 0.5) is 11.4 Å². The zero-order valence-electron chi connectivity index (χ0n) is 10.6. The van der Waals surface area contributed by atoms with Crippen LogP contribution in [0.2, 0.25) is 5.02 Å². The van der Waals surface area contributed by atoms with E-state index in [2.05, 4.69) is 18.7 Å². The molecule has 1 fully saturated rings. The van der Waals surface area contributed by atoms with Gasteiger partial charge < -0.3 is 4.90 Å². The van der Waals surface area contributed by atoms with Crippen molar-refractivity contribution in [1.82, 2.24) is 0 Å². The van der Waals surface area contributed by atoms with Crippen LogP contribution in [0.3, 0.4) is 0 Å². The lowest BCUT2D eigenvalue weighted by molar-refractivity contribution is -0.384. The van der Waals surface area contributed by atoms with E-state index in [1.165, 1.54) is 6.07 Å². The Morgan fingerprint density at radius 2 is 1.94 bits per heavy atom. The summed E-state index contributed by atoms with van der Waals surface area (Å²) < 4.78 is 0. The van der Waals surface area contributed by atoms with Gasteiger partial charge in [0, 0.05) is 19.2 Å². The first-order valence-electron chi connectivity index (χ1n) is 6.17. The summed E-state index contributed by atoms with van der Waals surface area (Å²) in [4.78, 5) is 12.8. The van der Waals surface area contributed by atoms with Gasteiger partial charge in [0.25, 0.3) is 5.69 Å². The van der Waals surface area contributed by atoms with Crippen molar-refractivity contribution in [3.8, 4) is 0 Å². The molecular weight excluding hydrogens is 252 g/mol. The smallest absolute Gasteiger partial charge is 0.294 e. The topological polar surface area (TPSA) is 46.4 Å². The highest BCUT2D eigenvalue weighted by atomic mass is 35.5. The van der Waals surface area contributed by atoms with E-state index in [0.29, 0.717) is 22.5 Å². The van der Waals surface area contributed by atoms with Crippen LogP contribution in [-0.4, -0.2) is 18.0 Å². The van der Waals surface area contributed by atoms with E-state index in [1.54, 1.807) is 12.1 Å². The maximum atomic E-state index is 11.1. The monoisotopic (exact) mass is 268 g/mol. The van der Waals surface area contributed by atoms with Crippen molar-refractivity contribution in [3.63, 3.8) is 0 Å². The fourth-order valence-electron chi connectivity index (χ4n) is 2.81. The zero-order chi connectivity index (χ0) is 13.3. The van der Waals surface area contributed by atoms with Crippen LogP contribution in [0.15, 0.2) is 18.2 Å². The van der Waals surface area contributed by atoms with Gasteiger partial charge in [-0.1, -0.05) is 31.5 Å². The molecule has 0 amide bonds. The predicted molar refractivity (Wildman–Crippen MR) is 73.3 cm³/mol. The molecule has 1 heterocycles. The second-order valence-corrected chi connectivity index (χ2v) is 5.62. The molecule has 0 bridgehead atoms. The minimum absolute atomic E-state index is 0.101. The minimum Gasteiger partial charge on any atom is -0.364 e. The molecule has 1 aliphatic rings. The highest BCUT2D eigenvalue weighted by Crippen LogP contribution is 2.38. The second-order valence-electron chi connectivity index (χ2n) is 5.22. The van der Waals surface area contributed by atoms with Crippen LogP contribution >= 0.6 is 11.6 Å². The zero-order valence-corrected chi connectivity index (χ0v) is 11.4. The number of nitro benzene ring substituents is 1. The lowest BCUT2D eigenvalue weighted by Gasteiger charge is -2.36. The van der Waals surface area contributed by atoms with Gasteiger partial charge in [-0.05, 0) is 24.3 Å². The summed E-state index contributed by atoms with van der Waals surface area (Å²) in [5.41, 5.74) is 0.673. The molecule has 18 heavy (non-hydrogen) atoms. The fourth-order valence-corrected chi connectivity index (χ4v) is 3.10. The lowest BCUT2D eigenvalue weighted by Crippen LogP contribution is -2.39. The number of benzene rings is 1. The highest BCUT2D eigenvalue weighted by Gasteiger charge is 2.28. The molecule has 0 N–H and O–H groups in total. The summed E-state index contributed by atoms with van der Waals surface area (Å²) >= 11 is 6.16. The van der Waals surface area contributed by atoms with Crippen molar-refractivity contribution in [2.24, 2.45) is 11.8 Å². The van der Waals surface area contributed by atoms with Gasteiger partial charge in [-0.3, -0.25) is 10.1 Å². The Morgan fingerprint density at radius 3 is 2.50 bits per heavy atom. The molecule has 1 aromatic rings. The molecular formula is C13H17ClN2O2. The third-order valence-electron chi connectivity index (χ3n) is 3.35. The summed E-state index contributed by atoms with van der Waals surface area (Å²) in [7, 11) is 0. The number of hydrogen-bond acceptors (Lipinski definition) is 3. The quantitative estimate of drug-likeness (QED) is 0.606. The van der Waals surface area contributed by atoms with Gasteiger partial charge in [0.05, 0.1) is 9.95 Å². The molecule has 0 unspecified atom stereocenters. The SMILES string of the molecule is C[C@@H]1C[C@H](C)CN(c2c(Cl)cccc2[N+](=O)[O-])C1. The second kappa shape index (κ2) is 5.14. The van der Waals surface area contributed by atoms with E-state index < -0.39 is 0 Å². The minimum atomic E-state index is -0.356. The number of halogens is 1. The Bertz CT molecular complexity index is 454. The van der Waals surface area contributed by atoms with Gasteiger partial charge in [0.15, 0.2) is 0 Å². The van der Waals surface area contributed by atoms with E-state index in [1.807, 2.05) is 0 Å². The fraction of sp³-hybridized carbons (Fsp3) is 0.538. The van der Waals surface area contributed by atoms with Crippen molar-refractivity contribution in [1.29, 1.82) is 0 Å². The number of piperidine rings is 1. The van der Waals surface area contributed by atoms with Crippen molar-refractivity contribution in [2.45, 2.75) is 20.3 Å². The van der Waals surface area contributed by atoms with Crippen molar-refractivity contribution >= 4 is 23.0 Å². The van der Waals surface area contributed by atoms with Crippen molar-refractivity contribution < 1.29 is 4.92 Å². The first-order chi connectivity index (χ1) is 8.49. The third-order valence-corrected chi connectivity index (χ3v) is 3.65. The van der Waals surface area contributed by atoms with Gasteiger partial charge in [-0.25, -0.2) is 0 Å². The largest absolute Gasteiger partial charge is 0.364 e. The highest BCUT2D eigenvalue weighted by molar-refractivity contribution is 6.33. The predicted octanol–water partition coefficient (Wildman–Crippen LogP) is 3.73. The molecule has 0 radical (unpaired) electrons. The van der Waals surface area contributed by atoms with E-state index in [4.69, 9.17) is 11.6 Å². The molecule has 4 nitrogen and oxygen atoms in total. The number of nitro groups is 1. The number of anilines is 1. The standard InChI is InChI=1S/C13H17ClN2O2/c1-9-6-10(2)8-15(7-9)13-11(14)4-3-5-12(13)16(17)18/h3-5,9-10H,6-8H2,1-2H3/t9-,10+. The molecule has 1 aromatic carbocycles. The Labute approximate surface area is 112 Å². The van der Waals surface area contributed by atoms with Crippen LogP contribution in [0.5, 0.6) is 0 Å². The lowest BCUT2D eigenvalue weighted by atomic mass is 9.91. The first kappa shape index (κ1) is 13.1. The Balaban J connectivity index is 2.40. The number of nitrogens with zero attached hydrogens (tertiary/aromatic N) is 2. The molecule has 0 spiro atoms. The Hall–Kier alpha value is -1.29. The molecule has 1 saturated heterocycles. The summed E-state index contributed by atoms with van der Waals surface area (Å²) in [6, 6.07) is 4.86. The van der Waals surface area contributed by atoms with Crippen LogP contribution < -0.4 is 4.90 Å². The maximum Gasteiger partial charge on any atom is 0.294 e. The van der Waals surface area contributed by atoms with E-state index in [-0.39, 0.29) is 10.6 Å². The maximum absolute atomic E-state index is 11.1. The number of hydrogen-bond donors (Lipinski definition) is 0. The molecule has 5 heteroatoms. The van der Waals surface area contributed by atoms with Gasteiger partial charge in [0.2, 0.25) is 0 Å². The molecule has 2 atom stereocenters. The van der Waals surface area contributed by atoms with Gasteiger partial charge in [-0.15, -0.1) is 0 Å². The summed E-state index contributed by atoms with van der Waals surface area (Å²) in [6.07, 6.45) is 1.16. The normalized spacial score (nSPS) is 24.1. The van der Waals surface area contributed by atoms with E-state index >= 15 is 0 Å². The summed E-state index contributed by atoms with van der Waals surface area (Å²) in [5.74, 6) is 1.06. The van der Waals surface area contributed by atoms with E-state index in [0.717, 1.165) is 19.5 Å². The van der Waals surface area contributed by atoms with E-state index in [9.17, 15) is 10.1 Å². The molecule has 0 aromatic heterocycles. The van der Waals surface area contributed by atoms with Gasteiger partial charge in [-0.2, -0.15) is 0 Å². The van der Waals surface area contributed by atoms with Crippen LogP contribution in [0.25, 0.3) is 0 Å². The number of para-hydroxylation sites is 1. The Morgan fingerprint density at radius 1 is 1.33 bits per heavy atom. The van der Waals surface area contributed by atoms with Crippen LogP contribution in [-0.2, 0) is 0 Å². The summed E-state index contributed by atoms with van der Waals surface area (Å²) in [5, 5.41) is 11.6. The average molecular weight is 269 g/mol. The third kappa shape index (κ3) is 2.58. The van der Waals surface area contributed by atoms with Crippen LogP contribution in [0.1, 0.15) is 20.3 Å². The van der Waals surface area contributed by atoms with Gasteiger partial charge >= 0.3 is 0 Å². The molecule has 98 valence electrons. The molecule has 0 saturated carbocycles. The van der Waals surface area contributed by atoms with Crippen molar-refractivity contribution in [2.75, 3.05) is 18.0 Å². The average Bonchev–Trinajstić information content (AvgIpc) is 2.26. The Kier molecular flexibility index (Phi) is 3.76. The molecule has 2 rings (SSSR count). The van der Waals surface area contributed by atoms with Crippen molar-refractivity contribution in [3.05, 3.63) is 33.3 Å². The molecule has 0 aliphatic carbocycles. The first-order valence-corrected chi connectivity index (χ1v) is 6.54. The molecule has 1 aliphatic heterocycles. The summed E-state index contributed by atoms with van der Waals surface area (Å²) in [6.45, 7) is 6.00. The number of rotatable bonds is 2.